The molecule has 5 aromatic heterocycles. The van der Waals surface area contributed by atoms with Gasteiger partial charge in [0, 0.05) is 34.0 Å². The maximum absolute atomic E-state index is 12.5. The van der Waals surface area contributed by atoms with E-state index >= 15 is 0 Å². The molecule has 0 atom stereocenters. The van der Waals surface area contributed by atoms with Crippen molar-refractivity contribution in [1.29, 1.82) is 0 Å². The minimum atomic E-state index is -0.511. The molecule has 0 radical (unpaired) electrons. The summed E-state index contributed by atoms with van der Waals surface area (Å²) in [6.07, 6.45) is 10.9. The van der Waals surface area contributed by atoms with Crippen LogP contribution in [-0.4, -0.2) is 31.1 Å². The molecule has 38 heavy (non-hydrogen) atoms. The Balaban J connectivity index is 1.39. The van der Waals surface area contributed by atoms with Gasteiger partial charge in [0.15, 0.2) is 0 Å². The third-order valence-corrected chi connectivity index (χ3v) is 6.40. The van der Waals surface area contributed by atoms with Crippen molar-refractivity contribution in [2.75, 3.05) is 10.6 Å². The molecule has 0 spiro atoms. The van der Waals surface area contributed by atoms with Crippen LogP contribution in [0.25, 0.3) is 39.3 Å². The van der Waals surface area contributed by atoms with Crippen LogP contribution in [0.3, 0.4) is 0 Å². The Morgan fingerprint density at radius 3 is 2.71 bits per heavy atom. The molecule has 4 N–H and O–H groups in total. The smallest absolute Gasteiger partial charge is 0.229 e. The number of amides is 1. The Hall–Kier alpha value is -4.92. The molecule has 0 aromatic carbocycles. The first-order chi connectivity index (χ1) is 18.3. The fraction of sp³-hybridized carbons (Fsp3) is 0.172. The number of hydrogen-bond donors (Lipinski definition) is 4. The highest BCUT2D eigenvalue weighted by molar-refractivity contribution is 5.96. The van der Waals surface area contributed by atoms with Crippen molar-refractivity contribution >= 4 is 34.0 Å². The molecule has 0 bridgehead atoms. The Bertz CT molecular complexity index is 1730. The van der Waals surface area contributed by atoms with Gasteiger partial charge in [0.2, 0.25) is 5.91 Å². The van der Waals surface area contributed by atoms with Crippen LogP contribution in [0.1, 0.15) is 38.8 Å². The summed E-state index contributed by atoms with van der Waals surface area (Å²) >= 11 is 0. The average Bonchev–Trinajstić information content (AvgIpc) is 3.63. The van der Waals surface area contributed by atoms with Crippen molar-refractivity contribution in [3.8, 4) is 22.6 Å². The Kier molecular flexibility index (Phi) is 5.48. The second-order valence-corrected chi connectivity index (χ2v) is 10.4. The number of pyridine rings is 2. The summed E-state index contributed by atoms with van der Waals surface area (Å²) in [5.74, 6) is 0.795. The topological polar surface area (TPSA) is 125 Å². The Morgan fingerprint density at radius 2 is 1.92 bits per heavy atom. The van der Waals surface area contributed by atoms with Crippen molar-refractivity contribution in [2.45, 2.75) is 27.7 Å². The fourth-order valence-electron chi connectivity index (χ4n) is 4.31. The number of rotatable bonds is 4. The normalized spacial score (nSPS) is 13.4. The molecule has 1 aliphatic rings. The number of nitrogens with zero attached hydrogens (tertiary/aromatic N) is 3. The summed E-state index contributed by atoms with van der Waals surface area (Å²) in [4.78, 5) is 25.2. The Morgan fingerprint density at radius 1 is 1.05 bits per heavy atom. The van der Waals surface area contributed by atoms with Gasteiger partial charge in [-0.2, -0.15) is 5.10 Å². The van der Waals surface area contributed by atoms with Crippen LogP contribution in [0.4, 0.5) is 11.5 Å². The van der Waals surface area contributed by atoms with Gasteiger partial charge >= 0.3 is 0 Å². The lowest BCUT2D eigenvalue weighted by Gasteiger charge is -2.17. The second kappa shape index (κ2) is 8.88. The molecule has 5 aromatic rings. The number of aromatic nitrogens is 5. The van der Waals surface area contributed by atoms with Gasteiger partial charge in [-0.1, -0.05) is 26.8 Å². The first-order valence-corrected chi connectivity index (χ1v) is 12.3. The predicted molar refractivity (Wildman–Crippen MR) is 148 cm³/mol. The number of anilines is 2. The number of fused-ring (bicyclic) bond motifs is 2. The number of H-pyrrole nitrogens is 2. The first kappa shape index (κ1) is 23.5. The summed E-state index contributed by atoms with van der Waals surface area (Å²) in [6.45, 7) is 7.63. The lowest BCUT2D eigenvalue weighted by molar-refractivity contribution is -0.123. The minimum absolute atomic E-state index is 0.0778. The number of carbonyl (C=O) groups is 1. The van der Waals surface area contributed by atoms with E-state index in [1.807, 2.05) is 58.0 Å². The van der Waals surface area contributed by atoms with Gasteiger partial charge in [-0.05, 0) is 48.9 Å². The number of furan rings is 1. The molecule has 9 heteroatoms. The van der Waals surface area contributed by atoms with E-state index in [-0.39, 0.29) is 5.91 Å². The van der Waals surface area contributed by atoms with Gasteiger partial charge in [-0.15, -0.1) is 0 Å². The fourth-order valence-corrected chi connectivity index (χ4v) is 4.31. The van der Waals surface area contributed by atoms with Crippen molar-refractivity contribution in [1.82, 2.24) is 25.1 Å². The standard InChI is InChI=1S/C29H27N7O2/c1-16-5-6-20(17-9-10-38-15-17)21-12-24(34-27(21)31-16)26-25-23(35-36-26)8-7-22(33-25)18-11-19(14-30-13-18)32-28(37)29(2,3)4/h5-15,31,34H,1-4H3,(H,32,37)(H,35,36). The van der Waals surface area contributed by atoms with E-state index in [9.17, 15) is 4.79 Å². The van der Waals surface area contributed by atoms with E-state index in [1.54, 1.807) is 24.9 Å². The molecule has 0 unspecified atom stereocenters. The zero-order valence-electron chi connectivity index (χ0n) is 21.5. The third-order valence-electron chi connectivity index (χ3n) is 6.40. The van der Waals surface area contributed by atoms with Crippen molar-refractivity contribution in [2.24, 2.45) is 5.41 Å². The summed E-state index contributed by atoms with van der Waals surface area (Å²) in [6, 6.07) is 9.76. The SMILES string of the molecule is CC1=CC=C(c2ccoc2)c2cc(-c3n[nH]c4ccc(-c5cncc(NC(=O)C(C)(C)C)c5)nc34)[nH]c2N1. The largest absolute Gasteiger partial charge is 0.472 e. The zero-order valence-corrected chi connectivity index (χ0v) is 21.5. The molecular weight excluding hydrogens is 478 g/mol. The third kappa shape index (κ3) is 4.28. The molecule has 0 saturated heterocycles. The lowest BCUT2D eigenvalue weighted by Crippen LogP contribution is -2.27. The van der Waals surface area contributed by atoms with E-state index < -0.39 is 5.41 Å². The van der Waals surface area contributed by atoms with Crippen LogP contribution in [0.15, 0.2) is 77.5 Å². The zero-order chi connectivity index (χ0) is 26.4. The van der Waals surface area contributed by atoms with E-state index in [1.165, 1.54) is 0 Å². The number of allylic oxidation sites excluding steroid dienone is 3. The van der Waals surface area contributed by atoms with E-state index in [2.05, 4.69) is 42.9 Å². The molecule has 1 amide bonds. The van der Waals surface area contributed by atoms with Crippen molar-refractivity contribution in [3.05, 3.63) is 84.2 Å². The number of hydrogen-bond acceptors (Lipinski definition) is 6. The summed E-state index contributed by atoms with van der Waals surface area (Å²) < 4.78 is 5.34. The molecular formula is C29H27N7O2. The number of nitrogens with one attached hydrogen (secondary N) is 4. The van der Waals surface area contributed by atoms with Gasteiger partial charge in [-0.25, -0.2) is 4.98 Å². The maximum atomic E-state index is 12.5. The summed E-state index contributed by atoms with van der Waals surface area (Å²) in [5, 5.41) is 14.1. The monoisotopic (exact) mass is 505 g/mol. The highest BCUT2D eigenvalue weighted by atomic mass is 16.3. The van der Waals surface area contributed by atoms with Gasteiger partial charge in [0.25, 0.3) is 0 Å². The average molecular weight is 506 g/mol. The quantitative estimate of drug-likeness (QED) is 0.225. The highest BCUT2D eigenvalue weighted by Gasteiger charge is 2.22. The van der Waals surface area contributed by atoms with Crippen LogP contribution in [0.2, 0.25) is 0 Å². The van der Waals surface area contributed by atoms with Gasteiger partial charge in [-0.3, -0.25) is 14.9 Å². The second-order valence-electron chi connectivity index (χ2n) is 10.4. The van der Waals surface area contributed by atoms with Crippen LogP contribution in [0.5, 0.6) is 0 Å². The number of aromatic amines is 2. The molecule has 1 aliphatic heterocycles. The molecule has 0 fully saturated rings. The highest BCUT2D eigenvalue weighted by Crippen LogP contribution is 2.37. The molecule has 190 valence electrons. The van der Waals surface area contributed by atoms with E-state index in [4.69, 9.17) is 9.40 Å². The lowest BCUT2D eigenvalue weighted by atomic mass is 9.95. The first-order valence-electron chi connectivity index (χ1n) is 12.3. The van der Waals surface area contributed by atoms with Crippen LogP contribution in [0, 0.1) is 5.41 Å². The van der Waals surface area contributed by atoms with Crippen molar-refractivity contribution < 1.29 is 9.21 Å². The number of carbonyl (C=O) groups excluding carboxylic acids is 1. The Labute approximate surface area is 219 Å². The van der Waals surface area contributed by atoms with Crippen molar-refractivity contribution in [3.63, 3.8) is 0 Å². The maximum Gasteiger partial charge on any atom is 0.229 e. The molecule has 9 nitrogen and oxygen atoms in total. The van der Waals surface area contributed by atoms with E-state index in [0.717, 1.165) is 56.2 Å². The molecule has 6 heterocycles. The van der Waals surface area contributed by atoms with E-state index in [0.29, 0.717) is 11.4 Å². The summed E-state index contributed by atoms with van der Waals surface area (Å²) in [7, 11) is 0. The molecule has 6 rings (SSSR count). The van der Waals surface area contributed by atoms with Crippen LogP contribution < -0.4 is 10.6 Å². The van der Waals surface area contributed by atoms with Crippen LogP contribution in [-0.2, 0) is 4.79 Å². The van der Waals surface area contributed by atoms with Crippen LogP contribution >= 0.6 is 0 Å². The predicted octanol–water partition coefficient (Wildman–Crippen LogP) is 6.35. The summed E-state index contributed by atoms with van der Waals surface area (Å²) in [5.41, 5.74) is 8.74. The van der Waals surface area contributed by atoms with Gasteiger partial charge in [0.05, 0.1) is 41.3 Å². The molecule has 0 aliphatic carbocycles. The minimum Gasteiger partial charge on any atom is -0.472 e. The van der Waals surface area contributed by atoms with Gasteiger partial charge in [0.1, 0.15) is 17.0 Å². The molecule has 0 saturated carbocycles. The van der Waals surface area contributed by atoms with Gasteiger partial charge < -0.3 is 20.0 Å².